The second-order valence-electron chi connectivity index (χ2n) is 5.00. The average Bonchev–Trinajstić information content (AvgIpc) is 2.56. The zero-order valence-electron chi connectivity index (χ0n) is 12.6. The van der Waals surface area contributed by atoms with Gasteiger partial charge in [-0.15, -0.1) is 0 Å². The fourth-order valence-corrected chi connectivity index (χ4v) is 2.29. The summed E-state index contributed by atoms with van der Waals surface area (Å²) in [5.41, 5.74) is 3.49. The Balaban J connectivity index is 2.27. The molecule has 1 N–H and O–H groups in total. The van der Waals surface area contributed by atoms with Crippen LogP contribution in [0.2, 0.25) is 0 Å². The van der Waals surface area contributed by atoms with Crippen LogP contribution in [0.15, 0.2) is 54.6 Å². The molecule has 0 spiro atoms. The summed E-state index contributed by atoms with van der Waals surface area (Å²) >= 11 is 0. The molecule has 0 heterocycles. The summed E-state index contributed by atoms with van der Waals surface area (Å²) in [6.45, 7) is 2.83. The van der Waals surface area contributed by atoms with Crippen LogP contribution in [-0.4, -0.2) is 13.6 Å². The van der Waals surface area contributed by atoms with Gasteiger partial charge in [0.15, 0.2) is 0 Å². The highest BCUT2D eigenvalue weighted by Crippen LogP contribution is 2.26. The fraction of sp³-hybridized carbons (Fsp3) is 0.278. The van der Waals surface area contributed by atoms with Crippen molar-refractivity contribution in [3.63, 3.8) is 0 Å². The topological polar surface area (TPSA) is 39.1 Å². The van der Waals surface area contributed by atoms with Gasteiger partial charge in [-0.25, -0.2) is 0 Å². The van der Waals surface area contributed by atoms with Gasteiger partial charge in [-0.2, -0.15) is 5.26 Å². The molecule has 2 aromatic carbocycles. The lowest BCUT2D eigenvalue weighted by Crippen LogP contribution is -2.18. The summed E-state index contributed by atoms with van der Waals surface area (Å²) < 4.78 is 0. The molecule has 21 heavy (non-hydrogen) atoms. The van der Waals surface area contributed by atoms with E-state index in [2.05, 4.69) is 59.6 Å². The minimum Gasteiger partial charge on any atom is -0.340 e. The highest BCUT2D eigenvalue weighted by atomic mass is 15.1. The fourth-order valence-electron chi connectivity index (χ4n) is 2.29. The molecule has 0 saturated carbocycles. The van der Waals surface area contributed by atoms with Crippen molar-refractivity contribution in [1.82, 2.24) is 5.32 Å². The molecule has 108 valence electrons. The Hall–Kier alpha value is -2.31. The molecule has 0 amide bonds. The minimum atomic E-state index is 0.336. The Morgan fingerprint density at radius 2 is 1.67 bits per heavy atom. The molecule has 0 aliphatic carbocycles. The SMILES string of the molecule is CNC(C)c1ccc(N(CCC#N)c2ccccc2)cc1. The minimum absolute atomic E-state index is 0.336. The molecule has 2 rings (SSSR count). The first-order valence-corrected chi connectivity index (χ1v) is 7.23. The highest BCUT2D eigenvalue weighted by molar-refractivity contribution is 5.63. The van der Waals surface area contributed by atoms with Crippen LogP contribution in [0.1, 0.15) is 24.9 Å². The van der Waals surface area contributed by atoms with Crippen LogP contribution in [-0.2, 0) is 0 Å². The number of benzene rings is 2. The van der Waals surface area contributed by atoms with Gasteiger partial charge in [0.25, 0.3) is 0 Å². The molecule has 0 bridgehead atoms. The molecule has 2 aromatic rings. The van der Waals surface area contributed by atoms with Crippen LogP contribution in [0.4, 0.5) is 11.4 Å². The Bertz CT molecular complexity index is 584. The van der Waals surface area contributed by atoms with Gasteiger partial charge in [0, 0.05) is 24.0 Å². The smallest absolute Gasteiger partial charge is 0.0640 e. The van der Waals surface area contributed by atoms with Crippen molar-refractivity contribution in [2.24, 2.45) is 0 Å². The quantitative estimate of drug-likeness (QED) is 0.868. The predicted molar refractivity (Wildman–Crippen MR) is 87.6 cm³/mol. The summed E-state index contributed by atoms with van der Waals surface area (Å²) in [6, 6.07) is 21.3. The van der Waals surface area contributed by atoms with Crippen molar-refractivity contribution in [3.8, 4) is 6.07 Å². The van der Waals surface area contributed by atoms with Crippen LogP contribution in [0.25, 0.3) is 0 Å². The maximum Gasteiger partial charge on any atom is 0.0640 e. The zero-order valence-corrected chi connectivity index (χ0v) is 12.6. The van der Waals surface area contributed by atoms with E-state index in [-0.39, 0.29) is 0 Å². The molecular weight excluding hydrogens is 258 g/mol. The van der Waals surface area contributed by atoms with Crippen LogP contribution >= 0.6 is 0 Å². The molecule has 0 aliphatic heterocycles. The summed E-state index contributed by atoms with van der Waals surface area (Å²) in [6.07, 6.45) is 0.504. The molecule has 1 unspecified atom stereocenters. The number of anilines is 2. The third-order valence-electron chi connectivity index (χ3n) is 3.65. The maximum atomic E-state index is 8.87. The predicted octanol–water partition coefficient (Wildman–Crippen LogP) is 4.02. The van der Waals surface area contributed by atoms with Gasteiger partial charge in [-0.05, 0) is 43.8 Å². The van der Waals surface area contributed by atoms with Gasteiger partial charge in [0.2, 0.25) is 0 Å². The van der Waals surface area contributed by atoms with Crippen LogP contribution in [0.3, 0.4) is 0 Å². The number of rotatable bonds is 6. The monoisotopic (exact) mass is 279 g/mol. The number of nitrogens with zero attached hydrogens (tertiary/aromatic N) is 2. The number of hydrogen-bond donors (Lipinski definition) is 1. The molecule has 0 aromatic heterocycles. The lowest BCUT2D eigenvalue weighted by atomic mass is 10.1. The molecule has 3 heteroatoms. The van der Waals surface area contributed by atoms with Crippen LogP contribution in [0, 0.1) is 11.3 Å². The zero-order chi connectivity index (χ0) is 15.1. The first kappa shape index (κ1) is 15.1. The van der Waals surface area contributed by atoms with E-state index in [1.54, 1.807) is 0 Å². The molecule has 1 atom stereocenters. The van der Waals surface area contributed by atoms with Gasteiger partial charge in [0.05, 0.1) is 12.5 Å². The van der Waals surface area contributed by atoms with E-state index in [4.69, 9.17) is 5.26 Å². The van der Waals surface area contributed by atoms with Gasteiger partial charge in [-0.1, -0.05) is 30.3 Å². The lowest BCUT2D eigenvalue weighted by molar-refractivity contribution is 0.652. The normalized spacial score (nSPS) is 11.7. The summed E-state index contributed by atoms with van der Waals surface area (Å²) in [4.78, 5) is 2.18. The lowest BCUT2D eigenvalue weighted by Gasteiger charge is -2.24. The van der Waals surface area contributed by atoms with E-state index in [9.17, 15) is 0 Å². The molecular formula is C18H21N3. The first-order valence-electron chi connectivity index (χ1n) is 7.23. The van der Waals surface area contributed by atoms with Gasteiger partial charge in [0.1, 0.15) is 0 Å². The summed E-state index contributed by atoms with van der Waals surface area (Å²) in [5.74, 6) is 0. The Kier molecular flexibility index (Phi) is 5.36. The average molecular weight is 279 g/mol. The number of para-hydroxylation sites is 1. The Morgan fingerprint density at radius 1 is 1.05 bits per heavy atom. The summed E-state index contributed by atoms with van der Waals surface area (Å²) in [5, 5.41) is 12.1. The number of hydrogen-bond acceptors (Lipinski definition) is 3. The summed E-state index contributed by atoms with van der Waals surface area (Å²) in [7, 11) is 1.96. The van der Waals surface area contributed by atoms with Crippen molar-refractivity contribution in [3.05, 3.63) is 60.2 Å². The van der Waals surface area contributed by atoms with Gasteiger partial charge < -0.3 is 10.2 Å². The van der Waals surface area contributed by atoms with Crippen molar-refractivity contribution in [1.29, 1.82) is 5.26 Å². The highest BCUT2D eigenvalue weighted by Gasteiger charge is 2.09. The van der Waals surface area contributed by atoms with Gasteiger partial charge >= 0.3 is 0 Å². The first-order chi connectivity index (χ1) is 10.3. The third kappa shape index (κ3) is 3.84. The standard InChI is InChI=1S/C18H21N3/c1-15(20-2)16-9-11-18(12-10-16)21(14-6-13-19)17-7-4-3-5-8-17/h3-5,7-12,15,20H,6,14H2,1-2H3. The van der Waals surface area contributed by atoms with Gasteiger partial charge in [-0.3, -0.25) is 0 Å². The van der Waals surface area contributed by atoms with E-state index < -0.39 is 0 Å². The number of nitriles is 1. The van der Waals surface area contributed by atoms with E-state index in [1.165, 1.54) is 5.56 Å². The molecule has 0 fully saturated rings. The second-order valence-corrected chi connectivity index (χ2v) is 5.00. The van der Waals surface area contributed by atoms with Crippen LogP contribution in [0.5, 0.6) is 0 Å². The second kappa shape index (κ2) is 7.47. The largest absolute Gasteiger partial charge is 0.340 e. The van der Waals surface area contributed by atoms with E-state index >= 15 is 0 Å². The molecule has 3 nitrogen and oxygen atoms in total. The molecule has 0 saturated heterocycles. The third-order valence-corrected chi connectivity index (χ3v) is 3.65. The Labute approximate surface area is 126 Å². The number of nitrogens with one attached hydrogen (secondary N) is 1. The van der Waals surface area contributed by atoms with Crippen molar-refractivity contribution in [2.45, 2.75) is 19.4 Å². The van der Waals surface area contributed by atoms with E-state index in [1.807, 2.05) is 25.2 Å². The van der Waals surface area contributed by atoms with E-state index in [0.717, 1.165) is 11.4 Å². The van der Waals surface area contributed by atoms with Crippen LogP contribution < -0.4 is 10.2 Å². The van der Waals surface area contributed by atoms with E-state index in [0.29, 0.717) is 19.0 Å². The Morgan fingerprint density at radius 3 is 2.24 bits per heavy atom. The van der Waals surface area contributed by atoms with Crippen molar-refractivity contribution < 1.29 is 0 Å². The van der Waals surface area contributed by atoms with Crippen molar-refractivity contribution in [2.75, 3.05) is 18.5 Å². The molecule has 0 aliphatic rings. The molecule has 0 radical (unpaired) electrons. The van der Waals surface area contributed by atoms with Crippen molar-refractivity contribution >= 4 is 11.4 Å². The maximum absolute atomic E-state index is 8.87.